The van der Waals surface area contributed by atoms with Gasteiger partial charge in [-0.25, -0.2) is 4.98 Å². The van der Waals surface area contributed by atoms with Gasteiger partial charge in [0.15, 0.2) is 5.82 Å². The predicted octanol–water partition coefficient (Wildman–Crippen LogP) is 2.71. The average Bonchev–Trinajstić information content (AvgIpc) is 3.08. The third-order valence-corrected chi connectivity index (χ3v) is 5.08. The molecule has 2 aliphatic rings. The molecule has 1 aromatic rings. The van der Waals surface area contributed by atoms with Gasteiger partial charge in [-0.15, -0.1) is 0 Å². The quantitative estimate of drug-likeness (QED) is 0.911. The van der Waals surface area contributed by atoms with Crippen molar-refractivity contribution in [1.82, 2.24) is 14.8 Å². The summed E-state index contributed by atoms with van der Waals surface area (Å²) in [4.78, 5) is 4.89. The van der Waals surface area contributed by atoms with Crippen LogP contribution in [-0.4, -0.2) is 21.3 Å². The number of nitrogens with zero attached hydrogens (tertiary/aromatic N) is 3. The first kappa shape index (κ1) is 13.1. The number of rotatable bonds is 3. The lowest BCUT2D eigenvalue weighted by atomic mass is 9.81. The van der Waals surface area contributed by atoms with Crippen LogP contribution in [0.25, 0.3) is 0 Å². The molecule has 2 N–H and O–H groups in total. The van der Waals surface area contributed by atoms with Crippen molar-refractivity contribution in [3.63, 3.8) is 0 Å². The van der Waals surface area contributed by atoms with Gasteiger partial charge in [0.25, 0.3) is 0 Å². The molecule has 0 unspecified atom stereocenters. The summed E-state index contributed by atoms with van der Waals surface area (Å²) < 4.78 is 2.04. The standard InChI is InChI=1S/C15H26N4/c1-19-15(13-8-6-11(10-16)7-9-13)17-14(18-19)12-4-2-3-5-12/h11-13H,2-10,16H2,1H3. The van der Waals surface area contributed by atoms with Gasteiger partial charge in [-0.1, -0.05) is 12.8 Å². The van der Waals surface area contributed by atoms with E-state index in [-0.39, 0.29) is 0 Å². The normalized spacial score (nSPS) is 28.9. The summed E-state index contributed by atoms with van der Waals surface area (Å²) in [6.45, 7) is 0.846. The van der Waals surface area contributed by atoms with E-state index < -0.39 is 0 Å². The van der Waals surface area contributed by atoms with Crippen molar-refractivity contribution in [2.75, 3.05) is 6.54 Å². The van der Waals surface area contributed by atoms with E-state index in [1.807, 2.05) is 4.68 Å². The molecule has 0 radical (unpaired) electrons. The lowest BCUT2D eigenvalue weighted by molar-refractivity contribution is 0.320. The number of aromatic nitrogens is 3. The molecule has 3 rings (SSSR count). The highest BCUT2D eigenvalue weighted by atomic mass is 15.3. The molecule has 106 valence electrons. The lowest BCUT2D eigenvalue weighted by Gasteiger charge is -2.26. The van der Waals surface area contributed by atoms with Crippen molar-refractivity contribution in [1.29, 1.82) is 0 Å². The third-order valence-electron chi connectivity index (χ3n) is 5.08. The van der Waals surface area contributed by atoms with Crippen molar-refractivity contribution in [2.45, 2.75) is 63.2 Å². The summed E-state index contributed by atoms with van der Waals surface area (Å²) in [6.07, 6.45) is 10.2. The Morgan fingerprint density at radius 1 is 1.05 bits per heavy atom. The maximum atomic E-state index is 5.77. The number of hydrogen-bond acceptors (Lipinski definition) is 3. The fraction of sp³-hybridized carbons (Fsp3) is 0.867. The minimum Gasteiger partial charge on any atom is -0.330 e. The minimum atomic E-state index is 0.607. The van der Waals surface area contributed by atoms with E-state index in [1.54, 1.807) is 0 Å². The number of nitrogens with two attached hydrogens (primary N) is 1. The van der Waals surface area contributed by atoms with Gasteiger partial charge in [-0.3, -0.25) is 4.68 Å². The molecule has 0 bridgehead atoms. The van der Waals surface area contributed by atoms with Crippen molar-refractivity contribution < 1.29 is 0 Å². The van der Waals surface area contributed by atoms with Crippen LogP contribution < -0.4 is 5.73 Å². The van der Waals surface area contributed by atoms with E-state index in [4.69, 9.17) is 10.7 Å². The summed E-state index contributed by atoms with van der Waals surface area (Å²) in [5.41, 5.74) is 5.77. The molecule has 19 heavy (non-hydrogen) atoms. The Labute approximate surface area is 115 Å². The van der Waals surface area contributed by atoms with Crippen molar-refractivity contribution in [3.05, 3.63) is 11.6 Å². The van der Waals surface area contributed by atoms with Crippen LogP contribution >= 0.6 is 0 Å². The van der Waals surface area contributed by atoms with Gasteiger partial charge in [0.1, 0.15) is 5.82 Å². The van der Waals surface area contributed by atoms with Crippen LogP contribution in [0.3, 0.4) is 0 Å². The van der Waals surface area contributed by atoms with Crippen LogP contribution in [0, 0.1) is 5.92 Å². The molecule has 1 heterocycles. The zero-order valence-electron chi connectivity index (χ0n) is 12.0. The van der Waals surface area contributed by atoms with Gasteiger partial charge in [0.05, 0.1) is 0 Å². The molecule has 0 saturated heterocycles. The maximum Gasteiger partial charge on any atom is 0.154 e. The van der Waals surface area contributed by atoms with Gasteiger partial charge < -0.3 is 5.73 Å². The summed E-state index contributed by atoms with van der Waals surface area (Å²) in [7, 11) is 2.07. The highest BCUT2D eigenvalue weighted by Gasteiger charge is 2.28. The SMILES string of the molecule is Cn1nc(C2CCCC2)nc1C1CCC(CN)CC1. The first-order chi connectivity index (χ1) is 9.28. The second-order valence-electron chi connectivity index (χ2n) is 6.39. The van der Waals surface area contributed by atoms with E-state index in [0.717, 1.165) is 18.3 Å². The molecule has 4 heteroatoms. The molecular weight excluding hydrogens is 236 g/mol. The lowest BCUT2D eigenvalue weighted by Crippen LogP contribution is -2.22. The van der Waals surface area contributed by atoms with E-state index in [2.05, 4.69) is 12.1 Å². The molecule has 2 aliphatic carbocycles. The van der Waals surface area contributed by atoms with Crippen LogP contribution in [-0.2, 0) is 7.05 Å². The fourth-order valence-electron chi connectivity index (χ4n) is 3.79. The minimum absolute atomic E-state index is 0.607. The van der Waals surface area contributed by atoms with Crippen LogP contribution in [0.1, 0.15) is 74.9 Å². The summed E-state index contributed by atoms with van der Waals surface area (Å²) in [5, 5.41) is 4.69. The zero-order chi connectivity index (χ0) is 13.2. The van der Waals surface area contributed by atoms with Gasteiger partial charge >= 0.3 is 0 Å². The Kier molecular flexibility index (Phi) is 3.87. The molecule has 0 spiro atoms. The first-order valence-corrected chi connectivity index (χ1v) is 7.88. The second kappa shape index (κ2) is 5.61. The largest absolute Gasteiger partial charge is 0.330 e. The molecule has 1 aromatic heterocycles. The number of aryl methyl sites for hydroxylation is 1. The van der Waals surface area contributed by atoms with Gasteiger partial charge in [0.2, 0.25) is 0 Å². The highest BCUT2D eigenvalue weighted by molar-refractivity contribution is 5.06. The summed E-state index contributed by atoms with van der Waals surface area (Å²) >= 11 is 0. The Morgan fingerprint density at radius 3 is 2.37 bits per heavy atom. The fourth-order valence-corrected chi connectivity index (χ4v) is 3.79. The highest BCUT2D eigenvalue weighted by Crippen LogP contribution is 2.36. The molecule has 0 aliphatic heterocycles. The predicted molar refractivity (Wildman–Crippen MR) is 76.0 cm³/mol. The van der Waals surface area contributed by atoms with Gasteiger partial charge in [-0.2, -0.15) is 5.10 Å². The van der Waals surface area contributed by atoms with Gasteiger partial charge in [-0.05, 0) is 51.0 Å². The van der Waals surface area contributed by atoms with E-state index in [0.29, 0.717) is 11.8 Å². The Bertz CT molecular complexity index is 412. The van der Waals surface area contributed by atoms with Crippen LogP contribution in [0.2, 0.25) is 0 Å². The maximum absolute atomic E-state index is 5.77. The summed E-state index contributed by atoms with van der Waals surface area (Å²) in [5.74, 6) is 4.29. The molecule has 0 aromatic carbocycles. The molecule has 0 atom stereocenters. The van der Waals surface area contributed by atoms with Crippen LogP contribution in [0.4, 0.5) is 0 Å². The first-order valence-electron chi connectivity index (χ1n) is 7.88. The monoisotopic (exact) mass is 262 g/mol. The summed E-state index contributed by atoms with van der Waals surface area (Å²) in [6, 6.07) is 0. The zero-order valence-corrected chi connectivity index (χ0v) is 12.0. The van der Waals surface area contributed by atoms with E-state index in [1.165, 1.54) is 57.2 Å². The average molecular weight is 262 g/mol. The third kappa shape index (κ3) is 2.69. The molecular formula is C15H26N4. The van der Waals surface area contributed by atoms with Gasteiger partial charge in [0, 0.05) is 18.9 Å². The van der Waals surface area contributed by atoms with Crippen molar-refractivity contribution in [3.8, 4) is 0 Å². The second-order valence-corrected chi connectivity index (χ2v) is 6.39. The Balaban J connectivity index is 1.70. The molecule has 4 nitrogen and oxygen atoms in total. The smallest absolute Gasteiger partial charge is 0.154 e. The van der Waals surface area contributed by atoms with Crippen LogP contribution in [0.15, 0.2) is 0 Å². The molecule has 2 fully saturated rings. The van der Waals surface area contributed by atoms with Crippen molar-refractivity contribution >= 4 is 0 Å². The van der Waals surface area contributed by atoms with E-state index >= 15 is 0 Å². The van der Waals surface area contributed by atoms with Crippen LogP contribution in [0.5, 0.6) is 0 Å². The Hall–Kier alpha value is -0.900. The molecule has 0 amide bonds. The molecule has 2 saturated carbocycles. The number of hydrogen-bond donors (Lipinski definition) is 1. The Morgan fingerprint density at radius 2 is 1.74 bits per heavy atom. The topological polar surface area (TPSA) is 56.7 Å². The van der Waals surface area contributed by atoms with E-state index in [9.17, 15) is 0 Å². The van der Waals surface area contributed by atoms with Crippen molar-refractivity contribution in [2.24, 2.45) is 18.7 Å².